The molecule has 0 spiro atoms. The zero-order valence-electron chi connectivity index (χ0n) is 7.42. The Morgan fingerprint density at radius 3 is 2.64 bits per heavy atom. The van der Waals surface area contributed by atoms with Crippen molar-refractivity contribution in [3.63, 3.8) is 0 Å². The molecule has 11 heavy (non-hydrogen) atoms. The van der Waals surface area contributed by atoms with E-state index in [1.54, 1.807) is 11.9 Å². The standard InChI is InChI=1S/C8H16N2O/c1-6-4-7(6)5-10(3)8(11)9-2/h6-7H,4-5H2,1-3H3,(H,9,11). The first-order valence-electron chi connectivity index (χ1n) is 4.08. The number of carbonyl (C=O) groups excluding carboxylic acids is 1. The van der Waals surface area contributed by atoms with Gasteiger partial charge in [0.15, 0.2) is 0 Å². The molecule has 1 N–H and O–H groups in total. The van der Waals surface area contributed by atoms with Crippen molar-refractivity contribution in [3.05, 3.63) is 0 Å². The van der Waals surface area contributed by atoms with Gasteiger partial charge in [-0.1, -0.05) is 6.92 Å². The molecule has 3 heteroatoms. The first-order chi connectivity index (χ1) is 5.15. The van der Waals surface area contributed by atoms with Crippen LogP contribution < -0.4 is 5.32 Å². The van der Waals surface area contributed by atoms with E-state index >= 15 is 0 Å². The summed E-state index contributed by atoms with van der Waals surface area (Å²) in [4.78, 5) is 12.7. The molecule has 0 radical (unpaired) electrons. The fourth-order valence-electron chi connectivity index (χ4n) is 1.28. The van der Waals surface area contributed by atoms with Gasteiger partial charge in [-0.3, -0.25) is 0 Å². The number of amides is 2. The monoisotopic (exact) mass is 156 g/mol. The average molecular weight is 156 g/mol. The summed E-state index contributed by atoms with van der Waals surface area (Å²) in [5, 5.41) is 2.60. The second-order valence-electron chi connectivity index (χ2n) is 3.41. The average Bonchev–Trinajstić information content (AvgIpc) is 2.65. The quantitative estimate of drug-likeness (QED) is 0.633. The summed E-state index contributed by atoms with van der Waals surface area (Å²) >= 11 is 0. The molecule has 1 fully saturated rings. The van der Waals surface area contributed by atoms with E-state index in [9.17, 15) is 4.79 Å². The van der Waals surface area contributed by atoms with Gasteiger partial charge in [-0.25, -0.2) is 4.79 Å². The third-order valence-corrected chi connectivity index (χ3v) is 2.35. The molecule has 2 atom stereocenters. The normalized spacial score (nSPS) is 27.9. The van der Waals surface area contributed by atoms with Crippen molar-refractivity contribution >= 4 is 6.03 Å². The van der Waals surface area contributed by atoms with Crippen molar-refractivity contribution in [1.82, 2.24) is 10.2 Å². The highest BCUT2D eigenvalue weighted by Gasteiger charge is 2.33. The lowest BCUT2D eigenvalue weighted by molar-refractivity contribution is 0.208. The van der Waals surface area contributed by atoms with Gasteiger partial charge >= 0.3 is 6.03 Å². The van der Waals surface area contributed by atoms with Gasteiger partial charge in [0, 0.05) is 20.6 Å². The molecule has 1 aliphatic rings. The molecule has 64 valence electrons. The zero-order valence-corrected chi connectivity index (χ0v) is 7.42. The van der Waals surface area contributed by atoms with Crippen LogP contribution in [0.3, 0.4) is 0 Å². The molecule has 0 aromatic carbocycles. The Labute approximate surface area is 67.8 Å². The van der Waals surface area contributed by atoms with Gasteiger partial charge in [-0.15, -0.1) is 0 Å². The Kier molecular flexibility index (Phi) is 2.37. The van der Waals surface area contributed by atoms with Crippen molar-refractivity contribution in [2.24, 2.45) is 11.8 Å². The molecule has 0 aromatic rings. The highest BCUT2D eigenvalue weighted by Crippen LogP contribution is 2.37. The molecule has 0 saturated heterocycles. The van der Waals surface area contributed by atoms with Gasteiger partial charge in [-0.2, -0.15) is 0 Å². The van der Waals surface area contributed by atoms with E-state index in [-0.39, 0.29) is 6.03 Å². The van der Waals surface area contributed by atoms with E-state index in [0.29, 0.717) is 0 Å². The van der Waals surface area contributed by atoms with Crippen molar-refractivity contribution in [3.8, 4) is 0 Å². The molecule has 1 saturated carbocycles. The Morgan fingerprint density at radius 2 is 2.27 bits per heavy atom. The predicted octanol–water partition coefficient (Wildman–Crippen LogP) is 0.914. The molecule has 0 bridgehead atoms. The maximum absolute atomic E-state index is 11.0. The molecule has 0 aromatic heterocycles. The zero-order chi connectivity index (χ0) is 8.43. The number of hydrogen-bond acceptors (Lipinski definition) is 1. The van der Waals surface area contributed by atoms with Crippen LogP contribution >= 0.6 is 0 Å². The molecule has 0 heterocycles. The Morgan fingerprint density at radius 1 is 1.73 bits per heavy atom. The molecule has 3 nitrogen and oxygen atoms in total. The predicted molar refractivity (Wildman–Crippen MR) is 44.4 cm³/mol. The van der Waals surface area contributed by atoms with Gasteiger partial charge in [0.25, 0.3) is 0 Å². The number of carbonyl (C=O) groups is 1. The summed E-state index contributed by atoms with van der Waals surface area (Å²) in [6.07, 6.45) is 1.28. The summed E-state index contributed by atoms with van der Waals surface area (Å²) in [6, 6.07) is 0.0177. The second kappa shape index (κ2) is 3.11. The van der Waals surface area contributed by atoms with E-state index in [1.807, 2.05) is 7.05 Å². The minimum Gasteiger partial charge on any atom is -0.341 e. The third kappa shape index (κ3) is 2.10. The van der Waals surface area contributed by atoms with Gasteiger partial charge in [0.05, 0.1) is 0 Å². The summed E-state index contributed by atoms with van der Waals surface area (Å²) in [6.45, 7) is 3.13. The topological polar surface area (TPSA) is 32.3 Å². The summed E-state index contributed by atoms with van der Waals surface area (Å²) < 4.78 is 0. The number of rotatable bonds is 2. The van der Waals surface area contributed by atoms with E-state index in [1.165, 1.54) is 6.42 Å². The minimum atomic E-state index is 0.0177. The van der Waals surface area contributed by atoms with Crippen LogP contribution in [-0.2, 0) is 0 Å². The van der Waals surface area contributed by atoms with Crippen LogP contribution in [-0.4, -0.2) is 31.6 Å². The molecule has 1 rings (SSSR count). The Hall–Kier alpha value is -0.730. The van der Waals surface area contributed by atoms with Crippen LogP contribution in [0.4, 0.5) is 4.79 Å². The fraction of sp³-hybridized carbons (Fsp3) is 0.875. The summed E-state index contributed by atoms with van der Waals surface area (Å²) in [5.74, 6) is 1.57. The van der Waals surface area contributed by atoms with Gasteiger partial charge in [0.2, 0.25) is 0 Å². The van der Waals surface area contributed by atoms with Crippen molar-refractivity contribution in [2.45, 2.75) is 13.3 Å². The van der Waals surface area contributed by atoms with Crippen LogP contribution in [0.15, 0.2) is 0 Å². The third-order valence-electron chi connectivity index (χ3n) is 2.35. The van der Waals surface area contributed by atoms with Crippen molar-refractivity contribution < 1.29 is 4.79 Å². The maximum Gasteiger partial charge on any atom is 0.316 e. The largest absolute Gasteiger partial charge is 0.341 e. The molecule has 1 aliphatic carbocycles. The lowest BCUT2D eigenvalue weighted by atomic mass is 10.3. The number of nitrogens with zero attached hydrogens (tertiary/aromatic N) is 1. The molecule has 0 aliphatic heterocycles. The van der Waals surface area contributed by atoms with Crippen LogP contribution in [0, 0.1) is 11.8 Å². The summed E-state index contributed by atoms with van der Waals surface area (Å²) in [5.41, 5.74) is 0. The Bertz CT molecular complexity index is 158. The SMILES string of the molecule is CNC(=O)N(C)CC1CC1C. The van der Waals surface area contributed by atoms with Crippen molar-refractivity contribution in [2.75, 3.05) is 20.6 Å². The lowest BCUT2D eigenvalue weighted by Crippen LogP contribution is -2.36. The van der Waals surface area contributed by atoms with Gasteiger partial charge < -0.3 is 10.2 Å². The first kappa shape index (κ1) is 8.37. The maximum atomic E-state index is 11.0. The van der Waals surface area contributed by atoms with Crippen LogP contribution in [0.25, 0.3) is 0 Å². The van der Waals surface area contributed by atoms with Gasteiger partial charge in [-0.05, 0) is 18.3 Å². The van der Waals surface area contributed by atoms with Gasteiger partial charge in [0.1, 0.15) is 0 Å². The van der Waals surface area contributed by atoms with E-state index < -0.39 is 0 Å². The number of nitrogens with one attached hydrogen (secondary N) is 1. The van der Waals surface area contributed by atoms with E-state index in [2.05, 4.69) is 12.2 Å². The van der Waals surface area contributed by atoms with Crippen LogP contribution in [0.2, 0.25) is 0 Å². The van der Waals surface area contributed by atoms with Crippen molar-refractivity contribution in [1.29, 1.82) is 0 Å². The summed E-state index contributed by atoms with van der Waals surface area (Å²) in [7, 11) is 3.50. The van der Waals surface area contributed by atoms with Crippen LogP contribution in [0.1, 0.15) is 13.3 Å². The number of hydrogen-bond donors (Lipinski definition) is 1. The second-order valence-corrected chi connectivity index (χ2v) is 3.41. The van der Waals surface area contributed by atoms with E-state index in [0.717, 1.165) is 18.4 Å². The van der Waals surface area contributed by atoms with Crippen LogP contribution in [0.5, 0.6) is 0 Å². The molecule has 2 unspecified atom stereocenters. The smallest absolute Gasteiger partial charge is 0.316 e. The molecular formula is C8H16N2O. The highest BCUT2D eigenvalue weighted by molar-refractivity contribution is 5.73. The molecular weight excluding hydrogens is 140 g/mol. The minimum absolute atomic E-state index is 0.0177. The number of urea groups is 1. The fourth-order valence-corrected chi connectivity index (χ4v) is 1.28. The Balaban J connectivity index is 2.20. The van der Waals surface area contributed by atoms with E-state index in [4.69, 9.17) is 0 Å². The first-order valence-corrected chi connectivity index (χ1v) is 4.08. The molecule has 2 amide bonds. The lowest BCUT2D eigenvalue weighted by Gasteiger charge is -2.15. The highest BCUT2D eigenvalue weighted by atomic mass is 16.2.